The van der Waals surface area contributed by atoms with E-state index in [9.17, 15) is 14.7 Å². The fourth-order valence-electron chi connectivity index (χ4n) is 3.72. The van der Waals surface area contributed by atoms with Gasteiger partial charge < -0.3 is 20.6 Å². The van der Waals surface area contributed by atoms with Gasteiger partial charge in [-0.05, 0) is 56.3 Å². The Hall–Kier alpha value is -3.20. The summed E-state index contributed by atoms with van der Waals surface area (Å²) < 4.78 is 11.9. The van der Waals surface area contributed by atoms with Crippen LogP contribution >= 0.6 is 11.9 Å². The minimum atomic E-state index is -1.24. The van der Waals surface area contributed by atoms with Gasteiger partial charge in [0, 0.05) is 52.7 Å². The Bertz CT molecular complexity index is 1180. The molecule has 9 heteroatoms. The molecule has 1 aromatic carbocycles. The number of fused-ring (bicyclic) bond motifs is 3. The fraction of sp³-hybridized carbons (Fsp3) is 0.348. The topological polar surface area (TPSA) is 110 Å². The van der Waals surface area contributed by atoms with Gasteiger partial charge in [0.1, 0.15) is 11.3 Å². The van der Waals surface area contributed by atoms with Crippen LogP contribution in [0.3, 0.4) is 0 Å². The van der Waals surface area contributed by atoms with Crippen LogP contribution in [-0.4, -0.2) is 40.4 Å². The molecule has 2 aromatic rings. The molecule has 1 fully saturated rings. The molecule has 168 valence electrons. The Morgan fingerprint density at radius 1 is 1.31 bits per heavy atom. The van der Waals surface area contributed by atoms with Crippen molar-refractivity contribution in [3.8, 4) is 17.0 Å². The van der Waals surface area contributed by atoms with Crippen molar-refractivity contribution in [1.29, 1.82) is 0 Å². The highest BCUT2D eigenvalue weighted by molar-refractivity contribution is 7.99. The lowest BCUT2D eigenvalue weighted by molar-refractivity contribution is 0.0694. The first kappa shape index (κ1) is 22.0. The number of nitrogens with zero attached hydrogens (tertiary/aromatic N) is 3. The summed E-state index contributed by atoms with van der Waals surface area (Å²) >= 11 is 1.56. The van der Waals surface area contributed by atoms with Crippen LogP contribution in [0.25, 0.3) is 16.8 Å². The Labute approximate surface area is 190 Å². The summed E-state index contributed by atoms with van der Waals surface area (Å²) in [7, 11) is 1.58. The van der Waals surface area contributed by atoms with Gasteiger partial charge in [-0.25, -0.2) is 9.19 Å². The molecule has 0 saturated heterocycles. The largest absolute Gasteiger partial charge is 0.496 e. The van der Waals surface area contributed by atoms with Gasteiger partial charge in [0.25, 0.3) is 0 Å². The van der Waals surface area contributed by atoms with E-state index in [2.05, 4.69) is 4.40 Å². The smallest absolute Gasteiger partial charge is 0.341 e. The molecule has 0 bridgehead atoms. The van der Waals surface area contributed by atoms with Crippen LogP contribution in [0.4, 0.5) is 0 Å². The molecular weight excluding hydrogens is 428 g/mol. The second-order valence-corrected chi connectivity index (χ2v) is 9.24. The van der Waals surface area contributed by atoms with Crippen LogP contribution in [0.5, 0.6) is 5.75 Å². The van der Waals surface area contributed by atoms with Crippen molar-refractivity contribution in [2.75, 3.05) is 12.1 Å². The van der Waals surface area contributed by atoms with E-state index < -0.39 is 11.4 Å². The van der Waals surface area contributed by atoms with E-state index >= 15 is 0 Å². The number of carbonyl (C=O) groups is 1. The zero-order valence-corrected chi connectivity index (χ0v) is 19.1. The van der Waals surface area contributed by atoms with Gasteiger partial charge in [0.05, 0.1) is 19.3 Å². The van der Waals surface area contributed by atoms with Crippen molar-refractivity contribution >= 4 is 29.7 Å². The van der Waals surface area contributed by atoms with Crippen molar-refractivity contribution in [2.24, 2.45) is 10.1 Å². The highest BCUT2D eigenvalue weighted by atomic mass is 32.2. The molecule has 1 aliphatic heterocycles. The van der Waals surface area contributed by atoms with Crippen molar-refractivity contribution in [2.45, 2.75) is 44.5 Å². The zero-order valence-electron chi connectivity index (χ0n) is 18.2. The van der Waals surface area contributed by atoms with E-state index in [0.29, 0.717) is 23.2 Å². The molecule has 1 saturated carbocycles. The van der Waals surface area contributed by atoms with Crippen LogP contribution in [0, 0.1) is 0 Å². The number of hydrogen-bond donors (Lipinski definition) is 2. The average Bonchev–Trinajstić information content (AvgIpc) is 3.59. The van der Waals surface area contributed by atoms with Crippen LogP contribution in [0.15, 0.2) is 39.8 Å². The summed E-state index contributed by atoms with van der Waals surface area (Å²) in [6.07, 6.45) is 7.06. The summed E-state index contributed by atoms with van der Waals surface area (Å²) in [5.41, 5.74) is 9.12. The van der Waals surface area contributed by atoms with Gasteiger partial charge in [0.2, 0.25) is 0 Å². The number of hydrogen-bond acceptors (Lipinski definition) is 7. The van der Waals surface area contributed by atoms with Gasteiger partial charge >= 0.3 is 5.97 Å². The molecule has 0 atom stereocenters. The van der Waals surface area contributed by atoms with Crippen LogP contribution in [-0.2, 0) is 6.54 Å². The number of carboxylic acids is 1. The minimum Gasteiger partial charge on any atom is -0.496 e. The maximum atomic E-state index is 12.5. The Morgan fingerprint density at radius 2 is 2.06 bits per heavy atom. The third-order valence-electron chi connectivity index (χ3n) is 5.59. The van der Waals surface area contributed by atoms with Crippen molar-refractivity contribution in [3.05, 3.63) is 57.5 Å². The fourth-order valence-corrected chi connectivity index (χ4v) is 4.41. The molecule has 4 rings (SSSR count). The van der Waals surface area contributed by atoms with E-state index in [1.807, 2.05) is 31.0 Å². The van der Waals surface area contributed by atoms with Crippen LogP contribution in [0.1, 0.15) is 48.2 Å². The summed E-state index contributed by atoms with van der Waals surface area (Å²) in [6, 6.07) is 5.33. The number of carboxylic acid groups (broad SMARTS) is 1. The predicted molar refractivity (Wildman–Crippen MR) is 128 cm³/mol. The molecular formula is C23H26N4O4S. The van der Waals surface area contributed by atoms with E-state index in [0.717, 1.165) is 22.3 Å². The number of rotatable bonds is 7. The summed E-state index contributed by atoms with van der Waals surface area (Å²) in [6.45, 7) is 4.57. The van der Waals surface area contributed by atoms with Gasteiger partial charge in [-0.2, -0.15) is 0 Å². The van der Waals surface area contributed by atoms with Crippen molar-refractivity contribution in [3.63, 3.8) is 0 Å². The average molecular weight is 455 g/mol. The first-order chi connectivity index (χ1) is 15.3. The molecule has 1 aromatic heterocycles. The van der Waals surface area contributed by atoms with Gasteiger partial charge in [0.15, 0.2) is 5.43 Å². The van der Waals surface area contributed by atoms with E-state index in [-0.39, 0.29) is 11.6 Å². The summed E-state index contributed by atoms with van der Waals surface area (Å²) in [5.74, 6) is -0.642. The zero-order chi connectivity index (χ0) is 23.0. The van der Waals surface area contributed by atoms with E-state index in [1.54, 1.807) is 29.9 Å². The molecule has 0 radical (unpaired) electrons. The van der Waals surface area contributed by atoms with Gasteiger partial charge in [-0.1, -0.05) is 0 Å². The molecule has 32 heavy (non-hydrogen) atoms. The third kappa shape index (κ3) is 4.12. The molecule has 3 N–H and O–H groups in total. The minimum absolute atomic E-state index is 0.0672. The summed E-state index contributed by atoms with van der Waals surface area (Å²) in [4.78, 5) is 24.0. The summed E-state index contributed by atoms with van der Waals surface area (Å²) in [5, 5.41) is 12.0. The SMILES string of the molecule is COc1cc2c(cc1C(C=NSC1CC1)=CN)CN(C(C)C)n1cc(C(=O)O)c(=O)cc1-2. The van der Waals surface area contributed by atoms with Crippen LogP contribution in [0.2, 0.25) is 0 Å². The number of methoxy groups -OCH3 is 1. The number of allylic oxidation sites excluding steroid dienone is 1. The lowest BCUT2D eigenvalue weighted by Gasteiger charge is -2.38. The van der Waals surface area contributed by atoms with E-state index in [1.165, 1.54) is 31.3 Å². The third-order valence-corrected chi connectivity index (χ3v) is 6.58. The lowest BCUT2D eigenvalue weighted by atomic mass is 9.94. The number of nitrogens with two attached hydrogens (primary N) is 1. The maximum Gasteiger partial charge on any atom is 0.341 e. The number of aromatic nitrogens is 1. The molecule has 8 nitrogen and oxygen atoms in total. The Kier molecular flexibility index (Phi) is 6.01. The highest BCUT2D eigenvalue weighted by Gasteiger charge is 2.27. The molecule has 2 heterocycles. The predicted octanol–water partition coefficient (Wildman–Crippen LogP) is 3.26. The second kappa shape index (κ2) is 8.74. The highest BCUT2D eigenvalue weighted by Crippen LogP contribution is 2.38. The van der Waals surface area contributed by atoms with Gasteiger partial charge in [-0.3, -0.25) is 9.47 Å². The number of pyridine rings is 1. The molecule has 0 spiro atoms. The van der Waals surface area contributed by atoms with Crippen LogP contribution < -0.4 is 20.9 Å². The standard InChI is InChI=1S/C23H26N4O4S/c1-13(2)26-11-14-6-18(15(9-24)10-25-32-16-4-5-16)22(31-3)7-17(14)20-8-21(28)19(23(29)30)12-27(20)26/h6-10,12-13,16H,4-5,11,24H2,1-3H3,(H,29,30). The first-order valence-electron chi connectivity index (χ1n) is 10.4. The number of benzene rings is 1. The molecule has 0 amide bonds. The number of aromatic carboxylic acids is 1. The van der Waals surface area contributed by atoms with Crippen molar-refractivity contribution < 1.29 is 14.6 Å². The molecule has 2 aliphatic rings. The molecule has 0 unspecified atom stereocenters. The second-order valence-electron chi connectivity index (χ2n) is 8.15. The Balaban J connectivity index is 1.85. The van der Waals surface area contributed by atoms with Gasteiger partial charge in [-0.15, -0.1) is 0 Å². The lowest BCUT2D eigenvalue weighted by Crippen LogP contribution is -2.44. The maximum absolute atomic E-state index is 12.5. The van der Waals surface area contributed by atoms with Crippen molar-refractivity contribution in [1.82, 2.24) is 4.68 Å². The Morgan fingerprint density at radius 3 is 2.66 bits per heavy atom. The molecule has 1 aliphatic carbocycles. The normalized spacial score (nSPS) is 15.8. The monoisotopic (exact) mass is 454 g/mol. The quantitative estimate of drug-likeness (QED) is 0.488. The first-order valence-corrected chi connectivity index (χ1v) is 11.3. The van der Waals surface area contributed by atoms with E-state index in [4.69, 9.17) is 10.5 Å². The number of ether oxygens (including phenoxy) is 1.